The molecule has 2 aliphatic rings. The molecule has 1 aromatic heterocycles. The predicted octanol–water partition coefficient (Wildman–Crippen LogP) is 3.35. The summed E-state index contributed by atoms with van der Waals surface area (Å²) in [6.07, 6.45) is 2.41. The van der Waals surface area contributed by atoms with Crippen LogP contribution in [-0.4, -0.2) is 42.8 Å². The Balaban J connectivity index is 1.58. The molecule has 1 atom stereocenters. The number of carbonyl (C=O) groups is 1. The van der Waals surface area contributed by atoms with Crippen molar-refractivity contribution in [2.45, 2.75) is 31.3 Å². The van der Waals surface area contributed by atoms with Gasteiger partial charge in [0.2, 0.25) is 0 Å². The van der Waals surface area contributed by atoms with Gasteiger partial charge in [0.25, 0.3) is 5.91 Å². The summed E-state index contributed by atoms with van der Waals surface area (Å²) >= 11 is 1.37. The quantitative estimate of drug-likeness (QED) is 0.819. The highest BCUT2D eigenvalue weighted by atomic mass is 32.2. The van der Waals surface area contributed by atoms with Gasteiger partial charge < -0.3 is 4.90 Å². The van der Waals surface area contributed by atoms with E-state index in [4.69, 9.17) is 0 Å². The van der Waals surface area contributed by atoms with Gasteiger partial charge in [-0.15, -0.1) is 11.3 Å². The number of hydrogen-bond acceptors (Lipinski definition) is 4. The summed E-state index contributed by atoms with van der Waals surface area (Å²) in [5, 5.41) is 0. The van der Waals surface area contributed by atoms with Crippen LogP contribution in [0.2, 0.25) is 0 Å². The minimum atomic E-state index is -3.03. The minimum Gasteiger partial charge on any atom is -0.331 e. The Morgan fingerprint density at radius 1 is 1.04 bits per heavy atom. The van der Waals surface area contributed by atoms with E-state index in [0.29, 0.717) is 11.3 Å². The first-order valence-corrected chi connectivity index (χ1v) is 11.0. The molecule has 4 nitrogen and oxygen atoms in total. The van der Waals surface area contributed by atoms with Crippen molar-refractivity contribution in [2.24, 2.45) is 0 Å². The third-order valence-electron chi connectivity index (χ3n) is 4.72. The van der Waals surface area contributed by atoms with Crippen molar-refractivity contribution in [1.29, 1.82) is 0 Å². The maximum Gasteiger partial charge on any atom is 0.264 e. The maximum atomic E-state index is 13.1. The molecule has 1 amide bonds. The van der Waals surface area contributed by atoms with Crippen LogP contribution >= 0.6 is 11.3 Å². The van der Waals surface area contributed by atoms with E-state index in [2.05, 4.69) is 0 Å². The zero-order valence-electron chi connectivity index (χ0n) is 13.5. The van der Waals surface area contributed by atoms with E-state index in [1.807, 2.05) is 6.07 Å². The SMILES string of the molecule is O=C(c1ccc(-c2ccc(F)cc2)s1)N(C1CC1)C1CCS(=O)(=O)C1. The standard InChI is InChI=1S/C18H18FNO3S2/c19-13-3-1-12(2-4-13)16-7-8-17(24-16)18(21)20(14-5-6-14)15-9-10-25(22,23)11-15/h1-4,7-8,14-15H,5-6,9-11H2. The Labute approximate surface area is 150 Å². The van der Waals surface area contributed by atoms with Crippen molar-refractivity contribution in [3.63, 3.8) is 0 Å². The Bertz CT molecular complexity index is 901. The summed E-state index contributed by atoms with van der Waals surface area (Å²) in [6.45, 7) is 0. The van der Waals surface area contributed by atoms with Crippen LogP contribution in [0.5, 0.6) is 0 Å². The first-order chi connectivity index (χ1) is 11.9. The summed E-state index contributed by atoms with van der Waals surface area (Å²) < 4.78 is 36.7. The van der Waals surface area contributed by atoms with Gasteiger partial charge in [-0.05, 0) is 49.1 Å². The van der Waals surface area contributed by atoms with E-state index in [1.165, 1.54) is 23.5 Å². The number of rotatable bonds is 4. The summed E-state index contributed by atoms with van der Waals surface area (Å²) in [5.41, 5.74) is 0.867. The van der Waals surface area contributed by atoms with Crippen LogP contribution in [0.25, 0.3) is 10.4 Å². The number of amides is 1. The molecule has 0 bridgehead atoms. The number of halogens is 1. The van der Waals surface area contributed by atoms with Crippen molar-refractivity contribution in [1.82, 2.24) is 4.90 Å². The molecule has 2 aromatic rings. The van der Waals surface area contributed by atoms with Gasteiger partial charge in [0.1, 0.15) is 5.82 Å². The number of hydrogen-bond donors (Lipinski definition) is 0. The third kappa shape index (κ3) is 3.48. The number of thiophene rings is 1. The van der Waals surface area contributed by atoms with E-state index in [-0.39, 0.29) is 35.3 Å². The average molecular weight is 379 g/mol. The molecule has 7 heteroatoms. The lowest BCUT2D eigenvalue weighted by Gasteiger charge is -2.27. The summed E-state index contributed by atoms with van der Waals surface area (Å²) in [5.74, 6) is -0.132. The first-order valence-electron chi connectivity index (χ1n) is 8.32. The fourth-order valence-electron chi connectivity index (χ4n) is 3.33. The minimum absolute atomic E-state index is 0.0748. The number of carbonyl (C=O) groups excluding carboxylic acids is 1. The van der Waals surface area contributed by atoms with Gasteiger partial charge in [-0.25, -0.2) is 12.8 Å². The van der Waals surface area contributed by atoms with Crippen LogP contribution in [0.4, 0.5) is 4.39 Å². The van der Waals surface area contributed by atoms with E-state index >= 15 is 0 Å². The number of benzene rings is 1. The van der Waals surface area contributed by atoms with Gasteiger partial charge in [0.15, 0.2) is 9.84 Å². The topological polar surface area (TPSA) is 54.5 Å². The smallest absolute Gasteiger partial charge is 0.264 e. The van der Waals surface area contributed by atoms with E-state index in [9.17, 15) is 17.6 Å². The normalized spacial score (nSPS) is 22.0. The molecule has 132 valence electrons. The Morgan fingerprint density at radius 3 is 2.36 bits per heavy atom. The lowest BCUT2D eigenvalue weighted by atomic mass is 10.2. The van der Waals surface area contributed by atoms with Gasteiger partial charge in [-0.2, -0.15) is 0 Å². The molecule has 0 radical (unpaired) electrons. The molecule has 0 N–H and O–H groups in total. The van der Waals surface area contributed by atoms with Crippen LogP contribution in [0, 0.1) is 5.82 Å². The molecule has 2 heterocycles. The lowest BCUT2D eigenvalue weighted by Crippen LogP contribution is -2.42. The van der Waals surface area contributed by atoms with Gasteiger partial charge in [-0.3, -0.25) is 4.79 Å². The molecule has 25 heavy (non-hydrogen) atoms. The summed E-state index contributed by atoms with van der Waals surface area (Å²) in [4.78, 5) is 16.3. The highest BCUT2D eigenvalue weighted by molar-refractivity contribution is 7.91. The van der Waals surface area contributed by atoms with Crippen LogP contribution < -0.4 is 0 Å². The third-order valence-corrected chi connectivity index (χ3v) is 7.59. The molecule has 1 saturated carbocycles. The molecule has 1 unspecified atom stereocenters. The molecule has 2 fully saturated rings. The van der Waals surface area contributed by atoms with Gasteiger partial charge in [0, 0.05) is 17.0 Å². The summed E-state index contributed by atoms with van der Waals surface area (Å²) in [7, 11) is -3.03. The van der Waals surface area contributed by atoms with Gasteiger partial charge in [0.05, 0.1) is 16.4 Å². The van der Waals surface area contributed by atoms with Crippen LogP contribution in [-0.2, 0) is 9.84 Å². The fourth-order valence-corrected chi connectivity index (χ4v) is 5.99. The Morgan fingerprint density at radius 2 is 1.76 bits per heavy atom. The van der Waals surface area contributed by atoms with Crippen molar-refractivity contribution in [2.75, 3.05) is 11.5 Å². The maximum absolute atomic E-state index is 13.1. The summed E-state index contributed by atoms with van der Waals surface area (Å²) in [6, 6.07) is 9.79. The largest absolute Gasteiger partial charge is 0.331 e. The molecule has 1 saturated heterocycles. The molecular weight excluding hydrogens is 361 g/mol. The fraction of sp³-hybridized carbons (Fsp3) is 0.389. The Hall–Kier alpha value is -1.73. The predicted molar refractivity (Wildman–Crippen MR) is 96.0 cm³/mol. The molecule has 1 aromatic carbocycles. The molecule has 1 aliphatic heterocycles. The zero-order valence-corrected chi connectivity index (χ0v) is 15.2. The first kappa shape index (κ1) is 16.7. The van der Waals surface area contributed by atoms with Crippen molar-refractivity contribution in [3.05, 3.63) is 47.1 Å². The van der Waals surface area contributed by atoms with E-state index in [1.54, 1.807) is 23.1 Å². The number of sulfone groups is 1. The average Bonchev–Trinajstić information content (AvgIpc) is 3.15. The monoisotopic (exact) mass is 379 g/mol. The molecule has 1 aliphatic carbocycles. The van der Waals surface area contributed by atoms with Crippen LogP contribution in [0.1, 0.15) is 28.9 Å². The lowest BCUT2D eigenvalue weighted by molar-refractivity contribution is 0.0686. The van der Waals surface area contributed by atoms with Crippen LogP contribution in [0.15, 0.2) is 36.4 Å². The molecular formula is C18H18FNO3S2. The van der Waals surface area contributed by atoms with Crippen molar-refractivity contribution in [3.8, 4) is 10.4 Å². The highest BCUT2D eigenvalue weighted by Gasteiger charge is 2.42. The van der Waals surface area contributed by atoms with Gasteiger partial charge in [-0.1, -0.05) is 12.1 Å². The second-order valence-corrected chi connectivity index (χ2v) is 9.98. The second kappa shape index (κ2) is 6.21. The highest BCUT2D eigenvalue weighted by Crippen LogP contribution is 2.36. The van der Waals surface area contributed by atoms with Gasteiger partial charge >= 0.3 is 0 Å². The van der Waals surface area contributed by atoms with E-state index in [0.717, 1.165) is 23.3 Å². The molecule has 0 spiro atoms. The Kier molecular flexibility index (Phi) is 4.16. The number of nitrogens with zero attached hydrogens (tertiary/aromatic N) is 1. The zero-order chi connectivity index (χ0) is 17.6. The second-order valence-electron chi connectivity index (χ2n) is 6.67. The van der Waals surface area contributed by atoms with Crippen LogP contribution in [0.3, 0.4) is 0 Å². The van der Waals surface area contributed by atoms with Crippen molar-refractivity contribution >= 4 is 27.1 Å². The molecule has 4 rings (SSSR count). The van der Waals surface area contributed by atoms with Crippen molar-refractivity contribution < 1.29 is 17.6 Å². The van der Waals surface area contributed by atoms with E-state index < -0.39 is 9.84 Å².